The van der Waals surface area contributed by atoms with E-state index in [-0.39, 0.29) is 5.03 Å². The number of benzene rings is 1. The number of hydrogen-bond acceptors (Lipinski definition) is 3. The fourth-order valence-electron chi connectivity index (χ4n) is 1.32. The molecule has 0 spiro atoms. The van der Waals surface area contributed by atoms with Gasteiger partial charge >= 0.3 is 0 Å². The van der Waals surface area contributed by atoms with Crippen LogP contribution in [0.25, 0.3) is 0 Å². The third kappa shape index (κ3) is 2.34. The quantitative estimate of drug-likeness (QED) is 0.942. The second-order valence-electron chi connectivity index (χ2n) is 3.36. The highest BCUT2D eigenvalue weighted by atomic mass is 79.9. The number of imidazole rings is 1. The van der Waals surface area contributed by atoms with Crippen LogP contribution in [0.2, 0.25) is 0 Å². The SMILES string of the molecule is CN(c1ccc(Br)cc1)S(=O)(=O)c1cnc[nH]1. The Hall–Kier alpha value is -1.34. The van der Waals surface area contributed by atoms with Gasteiger partial charge in [-0.1, -0.05) is 15.9 Å². The maximum Gasteiger partial charge on any atom is 0.281 e. The van der Waals surface area contributed by atoms with E-state index in [0.717, 1.165) is 4.47 Å². The molecule has 17 heavy (non-hydrogen) atoms. The zero-order valence-corrected chi connectivity index (χ0v) is 11.4. The van der Waals surface area contributed by atoms with E-state index < -0.39 is 10.0 Å². The molecule has 0 fully saturated rings. The van der Waals surface area contributed by atoms with Crippen LogP contribution >= 0.6 is 15.9 Å². The van der Waals surface area contributed by atoms with Crippen LogP contribution in [0.5, 0.6) is 0 Å². The van der Waals surface area contributed by atoms with Crippen molar-refractivity contribution in [3.05, 3.63) is 41.3 Å². The predicted octanol–water partition coefficient (Wildman–Crippen LogP) is 2.00. The molecule has 0 atom stereocenters. The van der Waals surface area contributed by atoms with Gasteiger partial charge in [0.25, 0.3) is 10.0 Å². The van der Waals surface area contributed by atoms with E-state index >= 15 is 0 Å². The fourth-order valence-corrected chi connectivity index (χ4v) is 2.68. The molecule has 0 unspecified atom stereocenters. The highest BCUT2D eigenvalue weighted by Crippen LogP contribution is 2.22. The Bertz CT molecular complexity index is 593. The van der Waals surface area contributed by atoms with Crippen molar-refractivity contribution in [1.82, 2.24) is 9.97 Å². The Labute approximate surface area is 108 Å². The van der Waals surface area contributed by atoms with Crippen molar-refractivity contribution >= 4 is 31.6 Å². The Balaban J connectivity index is 2.38. The number of halogens is 1. The van der Waals surface area contributed by atoms with Crippen molar-refractivity contribution < 1.29 is 8.42 Å². The lowest BCUT2D eigenvalue weighted by Gasteiger charge is -2.18. The number of anilines is 1. The van der Waals surface area contributed by atoms with Gasteiger partial charge in [-0.3, -0.25) is 4.31 Å². The van der Waals surface area contributed by atoms with E-state index in [1.165, 1.54) is 23.9 Å². The van der Waals surface area contributed by atoms with E-state index in [0.29, 0.717) is 5.69 Å². The highest BCUT2D eigenvalue weighted by Gasteiger charge is 2.22. The average Bonchev–Trinajstić information content (AvgIpc) is 2.83. The molecule has 0 aliphatic heterocycles. The summed E-state index contributed by atoms with van der Waals surface area (Å²) in [5.74, 6) is 0. The lowest BCUT2D eigenvalue weighted by molar-refractivity contribution is 0.591. The molecule has 0 bridgehead atoms. The molecule has 7 heteroatoms. The summed E-state index contributed by atoms with van der Waals surface area (Å²) >= 11 is 3.30. The number of nitrogens with zero attached hydrogens (tertiary/aromatic N) is 2. The lowest BCUT2D eigenvalue weighted by Crippen LogP contribution is -2.26. The molecule has 2 rings (SSSR count). The molecule has 1 aromatic carbocycles. The molecule has 0 saturated heterocycles. The molecule has 90 valence electrons. The van der Waals surface area contributed by atoms with Crippen LogP contribution in [0.4, 0.5) is 5.69 Å². The summed E-state index contributed by atoms with van der Waals surface area (Å²) in [6.45, 7) is 0. The summed E-state index contributed by atoms with van der Waals surface area (Å²) in [6.07, 6.45) is 2.62. The second-order valence-corrected chi connectivity index (χ2v) is 6.22. The average molecular weight is 316 g/mol. The minimum atomic E-state index is -3.56. The van der Waals surface area contributed by atoms with Crippen LogP contribution < -0.4 is 4.31 Å². The molecule has 0 saturated carbocycles. The Morgan fingerprint density at radius 3 is 2.47 bits per heavy atom. The number of H-pyrrole nitrogens is 1. The first-order valence-electron chi connectivity index (χ1n) is 4.74. The predicted molar refractivity (Wildman–Crippen MR) is 68.3 cm³/mol. The van der Waals surface area contributed by atoms with Crippen LogP contribution in [0, 0.1) is 0 Å². The summed E-state index contributed by atoms with van der Waals surface area (Å²) in [6, 6.07) is 7.01. The van der Waals surface area contributed by atoms with Gasteiger partial charge in [-0.2, -0.15) is 8.42 Å². The number of rotatable bonds is 3. The van der Waals surface area contributed by atoms with E-state index in [1.54, 1.807) is 24.3 Å². The fraction of sp³-hybridized carbons (Fsp3) is 0.100. The van der Waals surface area contributed by atoms with Gasteiger partial charge in [0, 0.05) is 11.5 Å². The largest absolute Gasteiger partial charge is 0.334 e. The molecule has 2 aromatic rings. The normalized spacial score (nSPS) is 11.4. The third-order valence-electron chi connectivity index (χ3n) is 2.30. The summed E-state index contributed by atoms with van der Waals surface area (Å²) in [5, 5.41) is 0.0721. The monoisotopic (exact) mass is 315 g/mol. The molecular formula is C10H10BrN3O2S. The summed E-state index contributed by atoms with van der Waals surface area (Å²) in [7, 11) is -2.06. The van der Waals surface area contributed by atoms with Crippen molar-refractivity contribution in [2.45, 2.75) is 5.03 Å². The number of aromatic amines is 1. The highest BCUT2D eigenvalue weighted by molar-refractivity contribution is 9.10. The molecule has 1 heterocycles. The van der Waals surface area contributed by atoms with E-state index in [1.807, 2.05) is 0 Å². The summed E-state index contributed by atoms with van der Waals surface area (Å²) in [5.41, 5.74) is 0.586. The van der Waals surface area contributed by atoms with Crippen molar-refractivity contribution in [2.24, 2.45) is 0 Å². The summed E-state index contributed by atoms with van der Waals surface area (Å²) in [4.78, 5) is 6.30. The van der Waals surface area contributed by atoms with E-state index in [9.17, 15) is 8.42 Å². The Kier molecular flexibility index (Phi) is 3.21. The van der Waals surface area contributed by atoms with Gasteiger partial charge in [0.15, 0.2) is 5.03 Å². The molecular weight excluding hydrogens is 306 g/mol. The number of hydrogen-bond donors (Lipinski definition) is 1. The van der Waals surface area contributed by atoms with Gasteiger partial charge in [-0.25, -0.2) is 4.98 Å². The maximum absolute atomic E-state index is 12.1. The minimum absolute atomic E-state index is 0.0721. The van der Waals surface area contributed by atoms with Gasteiger partial charge < -0.3 is 4.98 Å². The van der Waals surface area contributed by atoms with Gasteiger partial charge in [-0.15, -0.1) is 0 Å². The number of aromatic nitrogens is 2. The maximum atomic E-state index is 12.1. The number of nitrogens with one attached hydrogen (secondary N) is 1. The van der Waals surface area contributed by atoms with Gasteiger partial charge in [0.05, 0.1) is 18.2 Å². The van der Waals surface area contributed by atoms with Crippen LogP contribution in [-0.4, -0.2) is 25.4 Å². The van der Waals surface area contributed by atoms with Crippen LogP contribution in [0.1, 0.15) is 0 Å². The van der Waals surface area contributed by atoms with Crippen molar-refractivity contribution in [1.29, 1.82) is 0 Å². The second kappa shape index (κ2) is 4.50. The lowest BCUT2D eigenvalue weighted by atomic mass is 10.3. The topological polar surface area (TPSA) is 66.1 Å². The zero-order valence-electron chi connectivity index (χ0n) is 8.96. The first-order valence-corrected chi connectivity index (χ1v) is 6.98. The smallest absolute Gasteiger partial charge is 0.281 e. The van der Waals surface area contributed by atoms with Crippen LogP contribution in [0.15, 0.2) is 46.3 Å². The van der Waals surface area contributed by atoms with Crippen LogP contribution in [0.3, 0.4) is 0 Å². The van der Waals surface area contributed by atoms with E-state index in [4.69, 9.17) is 0 Å². The molecule has 1 N–H and O–H groups in total. The third-order valence-corrected chi connectivity index (χ3v) is 4.54. The number of sulfonamides is 1. The van der Waals surface area contributed by atoms with Gasteiger partial charge in [0.1, 0.15) is 0 Å². The van der Waals surface area contributed by atoms with Gasteiger partial charge in [-0.05, 0) is 24.3 Å². The zero-order chi connectivity index (χ0) is 12.5. The Morgan fingerprint density at radius 2 is 1.94 bits per heavy atom. The minimum Gasteiger partial charge on any atom is -0.334 e. The molecule has 0 amide bonds. The van der Waals surface area contributed by atoms with Crippen molar-refractivity contribution in [3.63, 3.8) is 0 Å². The first-order chi connectivity index (χ1) is 8.01. The first kappa shape index (κ1) is 12.1. The van der Waals surface area contributed by atoms with Crippen LogP contribution in [-0.2, 0) is 10.0 Å². The van der Waals surface area contributed by atoms with Gasteiger partial charge in [0.2, 0.25) is 0 Å². The molecule has 0 aliphatic rings. The van der Waals surface area contributed by atoms with Crippen molar-refractivity contribution in [3.8, 4) is 0 Å². The Morgan fingerprint density at radius 1 is 1.29 bits per heavy atom. The van der Waals surface area contributed by atoms with Crippen molar-refractivity contribution in [2.75, 3.05) is 11.4 Å². The molecule has 1 aromatic heterocycles. The standard InChI is InChI=1S/C10H10BrN3O2S/c1-14(9-4-2-8(11)3-5-9)17(15,16)10-6-12-7-13-10/h2-7H,1H3,(H,12,13). The van der Waals surface area contributed by atoms with E-state index in [2.05, 4.69) is 25.9 Å². The summed E-state index contributed by atoms with van der Waals surface area (Å²) < 4.78 is 26.3. The molecule has 0 radical (unpaired) electrons. The molecule has 5 nitrogen and oxygen atoms in total. The molecule has 0 aliphatic carbocycles.